The van der Waals surface area contributed by atoms with Crippen LogP contribution in [0, 0.1) is 0 Å². The number of carbonyl (C=O) groups is 1. The van der Waals surface area contributed by atoms with Gasteiger partial charge in [0.2, 0.25) is 5.91 Å². The summed E-state index contributed by atoms with van der Waals surface area (Å²) in [5.41, 5.74) is 7.53. The highest BCUT2D eigenvalue weighted by molar-refractivity contribution is 9.10. The molecule has 1 aromatic rings. The van der Waals surface area contributed by atoms with Gasteiger partial charge in [0.05, 0.1) is 0 Å². The summed E-state index contributed by atoms with van der Waals surface area (Å²) in [7, 11) is 0. The van der Waals surface area contributed by atoms with E-state index in [0.29, 0.717) is 11.5 Å². The van der Waals surface area contributed by atoms with Crippen LogP contribution in [0.4, 0.5) is 5.69 Å². The number of rotatable bonds is 3. The average molecular weight is 342 g/mol. The van der Waals surface area contributed by atoms with Crippen LogP contribution >= 0.6 is 28.1 Å². The Balaban J connectivity index is 2.45. The van der Waals surface area contributed by atoms with Crippen molar-refractivity contribution in [3.8, 4) is 0 Å². The van der Waals surface area contributed by atoms with Gasteiger partial charge in [0.1, 0.15) is 11.0 Å². The number of hydrogen-bond acceptors (Lipinski definition) is 3. The van der Waals surface area contributed by atoms with Gasteiger partial charge in [-0.25, -0.2) is 0 Å². The summed E-state index contributed by atoms with van der Waals surface area (Å²) in [6, 6.07) is 5.63. The normalized spacial score (nSPS) is 19.2. The lowest BCUT2D eigenvalue weighted by Gasteiger charge is -2.37. The summed E-state index contributed by atoms with van der Waals surface area (Å²) in [4.78, 5) is 14.4. The largest absolute Gasteiger partial charge is 0.389 e. The zero-order valence-corrected chi connectivity index (χ0v) is 13.1. The average Bonchev–Trinajstić information content (AvgIpc) is 2.38. The van der Waals surface area contributed by atoms with E-state index in [1.807, 2.05) is 25.1 Å². The third-order valence-electron chi connectivity index (χ3n) is 3.25. The minimum Gasteiger partial charge on any atom is -0.389 e. The molecule has 2 rings (SSSR count). The fraction of sp³-hybridized carbons (Fsp3) is 0.385. The van der Waals surface area contributed by atoms with Crippen LogP contribution in [0.25, 0.3) is 0 Å². The maximum Gasteiger partial charge on any atom is 0.242 e. The molecule has 102 valence electrons. The second-order valence-corrected chi connectivity index (χ2v) is 5.79. The molecule has 0 saturated carbocycles. The van der Waals surface area contributed by atoms with E-state index in [1.165, 1.54) is 0 Å². The van der Waals surface area contributed by atoms with E-state index in [1.54, 1.807) is 0 Å². The molecule has 0 aromatic heterocycles. The van der Waals surface area contributed by atoms with Gasteiger partial charge >= 0.3 is 0 Å². The number of halogens is 1. The van der Waals surface area contributed by atoms with E-state index in [4.69, 9.17) is 18.0 Å². The Morgan fingerprint density at radius 3 is 3.00 bits per heavy atom. The first-order valence-electron chi connectivity index (χ1n) is 6.18. The fourth-order valence-corrected chi connectivity index (χ4v) is 2.89. The predicted octanol–water partition coefficient (Wildman–Crippen LogP) is 1.80. The SMILES string of the molecule is CCC1C(=O)NCCN1c1ccc(Br)cc1C(N)=S. The monoisotopic (exact) mass is 341 g/mol. The number of amides is 1. The van der Waals surface area contributed by atoms with Gasteiger partial charge in [-0.15, -0.1) is 0 Å². The molecule has 6 heteroatoms. The molecule has 1 aromatic carbocycles. The molecular weight excluding hydrogens is 326 g/mol. The van der Waals surface area contributed by atoms with E-state index in [9.17, 15) is 4.79 Å². The van der Waals surface area contributed by atoms with Crippen molar-refractivity contribution in [3.63, 3.8) is 0 Å². The summed E-state index contributed by atoms with van der Waals surface area (Å²) in [6.45, 7) is 3.41. The van der Waals surface area contributed by atoms with Gasteiger partial charge in [-0.1, -0.05) is 35.1 Å². The third-order valence-corrected chi connectivity index (χ3v) is 3.96. The van der Waals surface area contributed by atoms with E-state index in [0.717, 1.165) is 28.7 Å². The number of hydrogen-bond donors (Lipinski definition) is 2. The maximum atomic E-state index is 11.9. The van der Waals surface area contributed by atoms with Crippen molar-refractivity contribution < 1.29 is 4.79 Å². The number of benzene rings is 1. The molecular formula is C13H16BrN3OS. The number of nitrogens with two attached hydrogens (primary N) is 1. The molecule has 0 spiro atoms. The minimum atomic E-state index is -0.164. The molecule has 1 amide bonds. The van der Waals surface area contributed by atoms with Crippen molar-refractivity contribution in [2.45, 2.75) is 19.4 Å². The number of thiocarbonyl (C=S) groups is 1. The number of nitrogens with zero attached hydrogens (tertiary/aromatic N) is 1. The van der Waals surface area contributed by atoms with Gasteiger partial charge in [0, 0.05) is 28.8 Å². The van der Waals surface area contributed by atoms with Gasteiger partial charge in [-0.05, 0) is 24.6 Å². The van der Waals surface area contributed by atoms with Crippen molar-refractivity contribution >= 4 is 44.7 Å². The predicted molar refractivity (Wildman–Crippen MR) is 84.5 cm³/mol. The van der Waals surface area contributed by atoms with Crippen molar-refractivity contribution in [1.82, 2.24) is 5.32 Å². The molecule has 1 fully saturated rings. The Morgan fingerprint density at radius 2 is 2.37 bits per heavy atom. The topological polar surface area (TPSA) is 58.4 Å². The third kappa shape index (κ3) is 2.90. The Morgan fingerprint density at radius 1 is 1.63 bits per heavy atom. The van der Waals surface area contributed by atoms with Gasteiger partial charge in [0.15, 0.2) is 0 Å². The van der Waals surface area contributed by atoms with Crippen LogP contribution in [0.1, 0.15) is 18.9 Å². The van der Waals surface area contributed by atoms with Crippen molar-refractivity contribution in [2.75, 3.05) is 18.0 Å². The number of carbonyl (C=O) groups excluding carboxylic acids is 1. The number of piperazine rings is 1. The lowest BCUT2D eigenvalue weighted by atomic mass is 10.1. The Bertz CT molecular complexity index is 521. The highest BCUT2D eigenvalue weighted by Crippen LogP contribution is 2.27. The van der Waals surface area contributed by atoms with Crippen LogP contribution in [0.15, 0.2) is 22.7 Å². The lowest BCUT2D eigenvalue weighted by molar-refractivity contribution is -0.123. The first-order valence-corrected chi connectivity index (χ1v) is 7.38. The van der Waals surface area contributed by atoms with Gasteiger partial charge in [-0.2, -0.15) is 0 Å². The van der Waals surface area contributed by atoms with Crippen LogP contribution in [0.3, 0.4) is 0 Å². The molecule has 0 aliphatic carbocycles. The number of nitrogens with one attached hydrogen (secondary N) is 1. The van der Waals surface area contributed by atoms with Gasteiger partial charge < -0.3 is 16.0 Å². The van der Waals surface area contributed by atoms with Crippen LogP contribution in [0.2, 0.25) is 0 Å². The fourth-order valence-electron chi connectivity index (χ4n) is 2.36. The van der Waals surface area contributed by atoms with E-state index < -0.39 is 0 Å². The van der Waals surface area contributed by atoms with Crippen LogP contribution in [-0.2, 0) is 4.79 Å². The van der Waals surface area contributed by atoms with Crippen LogP contribution < -0.4 is 16.0 Å². The number of anilines is 1. The molecule has 1 aliphatic rings. The standard InChI is InChI=1S/C13H16BrN3OS/c1-2-10-13(18)16-5-6-17(10)11-4-3-8(14)7-9(11)12(15)19/h3-4,7,10H,2,5-6H2,1H3,(H2,15,19)(H,16,18). The highest BCUT2D eigenvalue weighted by atomic mass is 79.9. The van der Waals surface area contributed by atoms with E-state index in [2.05, 4.69) is 26.1 Å². The molecule has 3 N–H and O–H groups in total. The van der Waals surface area contributed by atoms with E-state index in [-0.39, 0.29) is 11.9 Å². The first kappa shape index (κ1) is 14.3. The molecule has 0 radical (unpaired) electrons. The molecule has 1 unspecified atom stereocenters. The van der Waals surface area contributed by atoms with Crippen molar-refractivity contribution in [2.24, 2.45) is 5.73 Å². The molecule has 1 heterocycles. The summed E-state index contributed by atoms with van der Waals surface area (Å²) in [5, 5.41) is 2.89. The molecule has 1 saturated heterocycles. The minimum absolute atomic E-state index is 0.0607. The summed E-state index contributed by atoms with van der Waals surface area (Å²) < 4.78 is 0.925. The van der Waals surface area contributed by atoms with E-state index >= 15 is 0 Å². The van der Waals surface area contributed by atoms with Crippen LogP contribution in [-0.4, -0.2) is 30.0 Å². The quantitative estimate of drug-likeness (QED) is 0.823. The molecule has 1 aliphatic heterocycles. The molecule has 1 atom stereocenters. The molecule has 0 bridgehead atoms. The Kier molecular flexibility index (Phi) is 4.42. The van der Waals surface area contributed by atoms with Crippen molar-refractivity contribution in [1.29, 1.82) is 0 Å². The lowest BCUT2D eigenvalue weighted by Crippen LogP contribution is -2.55. The summed E-state index contributed by atoms with van der Waals surface area (Å²) in [6.07, 6.45) is 0.749. The highest BCUT2D eigenvalue weighted by Gasteiger charge is 2.29. The Labute approximate surface area is 126 Å². The zero-order chi connectivity index (χ0) is 14.0. The second kappa shape index (κ2) is 5.88. The first-order chi connectivity index (χ1) is 9.04. The molecule has 19 heavy (non-hydrogen) atoms. The van der Waals surface area contributed by atoms with Gasteiger partial charge in [-0.3, -0.25) is 4.79 Å². The zero-order valence-electron chi connectivity index (χ0n) is 10.6. The smallest absolute Gasteiger partial charge is 0.242 e. The Hall–Kier alpha value is -1.14. The van der Waals surface area contributed by atoms with Crippen LogP contribution in [0.5, 0.6) is 0 Å². The molecule has 4 nitrogen and oxygen atoms in total. The van der Waals surface area contributed by atoms with Gasteiger partial charge in [0.25, 0.3) is 0 Å². The second-order valence-electron chi connectivity index (χ2n) is 4.43. The summed E-state index contributed by atoms with van der Waals surface area (Å²) >= 11 is 8.53. The van der Waals surface area contributed by atoms with Crippen molar-refractivity contribution in [3.05, 3.63) is 28.2 Å². The maximum absolute atomic E-state index is 11.9. The summed E-state index contributed by atoms with van der Waals surface area (Å²) in [5.74, 6) is 0.0607.